The van der Waals surface area contributed by atoms with Gasteiger partial charge in [0.15, 0.2) is 0 Å². The second-order valence-electron chi connectivity index (χ2n) is 7.44. The van der Waals surface area contributed by atoms with Crippen LogP contribution in [-0.4, -0.2) is 5.11 Å². The summed E-state index contributed by atoms with van der Waals surface area (Å²) in [5, 5.41) is 11.4. The van der Waals surface area contributed by atoms with E-state index >= 15 is 0 Å². The summed E-state index contributed by atoms with van der Waals surface area (Å²) in [6, 6.07) is 8.82. The molecule has 3 fully saturated rings. The summed E-state index contributed by atoms with van der Waals surface area (Å²) in [5.74, 6) is 3.09. The van der Waals surface area contributed by atoms with Gasteiger partial charge in [-0.1, -0.05) is 44.0 Å². The molecule has 1 nitrogen and oxygen atoms in total. The first-order valence-electron chi connectivity index (χ1n) is 8.54. The van der Waals surface area contributed by atoms with Crippen LogP contribution in [0, 0.1) is 23.7 Å². The van der Waals surface area contributed by atoms with Crippen molar-refractivity contribution in [3.8, 4) is 0 Å². The Labute approximate surface area is 122 Å². The summed E-state index contributed by atoms with van der Waals surface area (Å²) in [4.78, 5) is 0. The molecule has 0 saturated heterocycles. The second-order valence-corrected chi connectivity index (χ2v) is 7.44. The van der Waals surface area contributed by atoms with Crippen LogP contribution >= 0.6 is 0 Å². The van der Waals surface area contributed by atoms with Crippen molar-refractivity contribution in [2.75, 3.05) is 0 Å². The maximum Gasteiger partial charge on any atom is 0.0930 e. The van der Waals surface area contributed by atoms with E-state index in [0.717, 1.165) is 30.6 Å². The van der Waals surface area contributed by atoms with Gasteiger partial charge in [-0.3, -0.25) is 0 Å². The molecule has 3 aliphatic rings. The van der Waals surface area contributed by atoms with Crippen LogP contribution in [0.5, 0.6) is 0 Å². The summed E-state index contributed by atoms with van der Waals surface area (Å²) < 4.78 is 0. The predicted octanol–water partition coefficient (Wildman–Crippen LogP) is 4.28. The fourth-order valence-electron chi connectivity index (χ4n) is 5.73. The monoisotopic (exact) mass is 270 g/mol. The van der Waals surface area contributed by atoms with Crippen molar-refractivity contribution in [3.63, 3.8) is 0 Å². The van der Waals surface area contributed by atoms with Gasteiger partial charge in [-0.25, -0.2) is 0 Å². The molecule has 1 aromatic rings. The standard InChI is InChI=1S/C19H26O/c1-2-5-13-6-3-7-15(10-13)19(20)12-14-11-18(19)17-9-4-8-16(14)17/h3,6-7,10,14,16-18,20H,2,4-5,8-9,11-12H2,1H3. The SMILES string of the molecule is CCCc1cccc(C2(O)CC3CC2C2CCCC32)c1. The van der Waals surface area contributed by atoms with E-state index < -0.39 is 5.60 Å². The smallest absolute Gasteiger partial charge is 0.0930 e. The second kappa shape index (κ2) is 4.59. The van der Waals surface area contributed by atoms with Gasteiger partial charge in [-0.05, 0) is 66.9 Å². The zero-order valence-electron chi connectivity index (χ0n) is 12.5. The molecule has 0 spiro atoms. The lowest BCUT2D eigenvalue weighted by molar-refractivity contribution is -0.0513. The van der Waals surface area contributed by atoms with Crippen molar-refractivity contribution in [2.24, 2.45) is 23.7 Å². The quantitative estimate of drug-likeness (QED) is 0.869. The molecule has 0 heterocycles. The average Bonchev–Trinajstić information content (AvgIpc) is 3.10. The van der Waals surface area contributed by atoms with Crippen LogP contribution < -0.4 is 0 Å². The highest BCUT2D eigenvalue weighted by Crippen LogP contribution is 2.65. The van der Waals surface area contributed by atoms with E-state index in [4.69, 9.17) is 0 Å². The fraction of sp³-hybridized carbons (Fsp3) is 0.684. The molecule has 1 aromatic carbocycles. The van der Waals surface area contributed by atoms with Gasteiger partial charge in [0.1, 0.15) is 0 Å². The lowest BCUT2D eigenvalue weighted by Gasteiger charge is -2.39. The Kier molecular flexibility index (Phi) is 2.96. The third kappa shape index (κ3) is 1.72. The number of fused-ring (bicyclic) bond motifs is 5. The van der Waals surface area contributed by atoms with Crippen LogP contribution in [0.25, 0.3) is 0 Å². The number of benzene rings is 1. The van der Waals surface area contributed by atoms with Crippen molar-refractivity contribution in [2.45, 2.75) is 57.5 Å². The van der Waals surface area contributed by atoms with Crippen molar-refractivity contribution in [1.29, 1.82) is 0 Å². The molecule has 1 N–H and O–H groups in total. The molecule has 0 aliphatic heterocycles. The van der Waals surface area contributed by atoms with Crippen LogP contribution in [0.3, 0.4) is 0 Å². The minimum atomic E-state index is -0.514. The maximum atomic E-state index is 11.4. The maximum absolute atomic E-state index is 11.4. The van der Waals surface area contributed by atoms with E-state index in [1.54, 1.807) is 0 Å². The summed E-state index contributed by atoms with van der Waals surface area (Å²) in [6.07, 6.45) is 8.80. The van der Waals surface area contributed by atoms with E-state index in [2.05, 4.69) is 31.2 Å². The van der Waals surface area contributed by atoms with Gasteiger partial charge >= 0.3 is 0 Å². The van der Waals surface area contributed by atoms with E-state index in [9.17, 15) is 5.11 Å². The van der Waals surface area contributed by atoms with Crippen LogP contribution in [0.15, 0.2) is 24.3 Å². The van der Waals surface area contributed by atoms with Crippen molar-refractivity contribution in [1.82, 2.24) is 0 Å². The predicted molar refractivity (Wildman–Crippen MR) is 81.4 cm³/mol. The fourth-order valence-corrected chi connectivity index (χ4v) is 5.73. The van der Waals surface area contributed by atoms with Gasteiger partial charge in [-0.15, -0.1) is 0 Å². The number of aliphatic hydroxyl groups is 1. The van der Waals surface area contributed by atoms with Gasteiger partial charge in [-0.2, -0.15) is 0 Å². The number of aryl methyl sites for hydroxylation is 1. The lowest BCUT2D eigenvalue weighted by atomic mass is 9.70. The highest BCUT2D eigenvalue weighted by Gasteiger charge is 2.60. The molecule has 0 aromatic heterocycles. The summed E-state index contributed by atoms with van der Waals surface area (Å²) in [5.41, 5.74) is 2.09. The first kappa shape index (κ1) is 12.9. The molecule has 3 aliphatic carbocycles. The van der Waals surface area contributed by atoms with E-state index in [0.29, 0.717) is 5.92 Å². The number of rotatable bonds is 3. The molecule has 2 bridgehead atoms. The molecular formula is C19H26O. The highest BCUT2D eigenvalue weighted by atomic mass is 16.3. The summed E-state index contributed by atoms with van der Waals surface area (Å²) in [7, 11) is 0. The van der Waals surface area contributed by atoms with Gasteiger partial charge in [0.05, 0.1) is 5.60 Å². The van der Waals surface area contributed by atoms with Crippen molar-refractivity contribution >= 4 is 0 Å². The van der Waals surface area contributed by atoms with Gasteiger partial charge < -0.3 is 5.11 Å². The molecule has 108 valence electrons. The normalized spacial score (nSPS) is 42.1. The molecule has 20 heavy (non-hydrogen) atoms. The van der Waals surface area contributed by atoms with E-state index in [1.807, 2.05) is 0 Å². The highest BCUT2D eigenvalue weighted by molar-refractivity contribution is 5.32. The minimum absolute atomic E-state index is 0.514. The van der Waals surface area contributed by atoms with E-state index in [-0.39, 0.29) is 0 Å². The zero-order chi connectivity index (χ0) is 13.7. The van der Waals surface area contributed by atoms with E-state index in [1.165, 1.54) is 43.2 Å². The first-order chi connectivity index (χ1) is 9.72. The molecule has 0 radical (unpaired) electrons. The largest absolute Gasteiger partial charge is 0.385 e. The van der Waals surface area contributed by atoms with Crippen molar-refractivity contribution < 1.29 is 5.11 Å². The number of hydrogen-bond donors (Lipinski definition) is 1. The topological polar surface area (TPSA) is 20.2 Å². The third-order valence-corrected chi connectivity index (χ3v) is 6.46. The molecule has 1 heteroatoms. The van der Waals surface area contributed by atoms with Crippen molar-refractivity contribution in [3.05, 3.63) is 35.4 Å². The minimum Gasteiger partial charge on any atom is -0.385 e. The molecule has 0 amide bonds. The Morgan fingerprint density at radius 1 is 1.25 bits per heavy atom. The average molecular weight is 270 g/mol. The molecule has 4 rings (SSSR count). The third-order valence-electron chi connectivity index (χ3n) is 6.46. The Bertz CT molecular complexity index is 508. The Morgan fingerprint density at radius 2 is 2.10 bits per heavy atom. The van der Waals surface area contributed by atoms with Crippen LogP contribution in [0.1, 0.15) is 56.6 Å². The lowest BCUT2D eigenvalue weighted by Crippen LogP contribution is -2.39. The summed E-state index contributed by atoms with van der Waals surface area (Å²) >= 11 is 0. The van der Waals surface area contributed by atoms with Gasteiger partial charge in [0.25, 0.3) is 0 Å². The van der Waals surface area contributed by atoms with Gasteiger partial charge in [0.2, 0.25) is 0 Å². The van der Waals surface area contributed by atoms with Crippen LogP contribution in [-0.2, 0) is 12.0 Å². The zero-order valence-corrected chi connectivity index (χ0v) is 12.5. The van der Waals surface area contributed by atoms with Crippen LogP contribution in [0.4, 0.5) is 0 Å². The molecular weight excluding hydrogens is 244 g/mol. The molecule has 3 saturated carbocycles. The Morgan fingerprint density at radius 3 is 2.95 bits per heavy atom. The molecule has 5 atom stereocenters. The molecule has 5 unspecified atom stereocenters. The summed E-state index contributed by atoms with van der Waals surface area (Å²) in [6.45, 7) is 2.22. The first-order valence-corrected chi connectivity index (χ1v) is 8.54. The number of hydrogen-bond acceptors (Lipinski definition) is 1. The van der Waals surface area contributed by atoms with Crippen LogP contribution in [0.2, 0.25) is 0 Å². The Hall–Kier alpha value is -0.820. The van der Waals surface area contributed by atoms with Gasteiger partial charge in [0, 0.05) is 0 Å². The Balaban J connectivity index is 1.66.